The zero-order chi connectivity index (χ0) is 14.3. The maximum atomic E-state index is 12.1. The highest BCUT2D eigenvalue weighted by Gasteiger charge is 2.26. The van der Waals surface area contributed by atoms with Gasteiger partial charge in [0.25, 0.3) is 0 Å². The smallest absolute Gasteiger partial charge is 0.150 e. The SMILES string of the molecule is CCCC(=O)C(NCc1ccccc1)C(C)C(C)=O. The van der Waals surface area contributed by atoms with E-state index in [0.29, 0.717) is 13.0 Å². The van der Waals surface area contributed by atoms with Gasteiger partial charge >= 0.3 is 0 Å². The van der Waals surface area contributed by atoms with Crippen molar-refractivity contribution in [2.45, 2.75) is 46.2 Å². The Kier molecular flexibility index (Phi) is 6.43. The number of ketones is 2. The summed E-state index contributed by atoms with van der Waals surface area (Å²) in [4.78, 5) is 23.6. The molecule has 1 aromatic carbocycles. The van der Waals surface area contributed by atoms with E-state index >= 15 is 0 Å². The van der Waals surface area contributed by atoms with Crippen LogP contribution in [0.3, 0.4) is 0 Å². The molecule has 1 N–H and O–H groups in total. The zero-order valence-corrected chi connectivity index (χ0v) is 12.0. The third-order valence-electron chi connectivity index (χ3n) is 3.35. The fraction of sp³-hybridized carbons (Fsp3) is 0.500. The van der Waals surface area contributed by atoms with Crippen LogP contribution in [-0.2, 0) is 16.1 Å². The Balaban J connectivity index is 2.69. The molecule has 0 amide bonds. The van der Waals surface area contributed by atoms with Crippen LogP contribution in [0.5, 0.6) is 0 Å². The Labute approximate surface area is 115 Å². The van der Waals surface area contributed by atoms with Gasteiger partial charge in [-0.05, 0) is 18.9 Å². The van der Waals surface area contributed by atoms with Crippen LogP contribution in [0.1, 0.15) is 39.2 Å². The van der Waals surface area contributed by atoms with Crippen LogP contribution in [0.15, 0.2) is 30.3 Å². The number of hydrogen-bond acceptors (Lipinski definition) is 3. The summed E-state index contributed by atoms with van der Waals surface area (Å²) in [6, 6.07) is 9.53. The largest absolute Gasteiger partial charge is 0.303 e. The lowest BCUT2D eigenvalue weighted by molar-refractivity contribution is -0.128. The number of carbonyl (C=O) groups is 2. The van der Waals surface area contributed by atoms with Crippen LogP contribution in [-0.4, -0.2) is 17.6 Å². The lowest BCUT2D eigenvalue weighted by atomic mass is 9.92. The van der Waals surface area contributed by atoms with Crippen molar-refractivity contribution < 1.29 is 9.59 Å². The lowest BCUT2D eigenvalue weighted by Gasteiger charge is -2.22. The summed E-state index contributed by atoms with van der Waals surface area (Å²) >= 11 is 0. The molecule has 0 saturated carbocycles. The molecule has 1 rings (SSSR count). The van der Waals surface area contributed by atoms with Crippen molar-refractivity contribution >= 4 is 11.6 Å². The molecule has 2 atom stereocenters. The van der Waals surface area contributed by atoms with Crippen LogP contribution >= 0.6 is 0 Å². The normalized spacial score (nSPS) is 13.8. The minimum Gasteiger partial charge on any atom is -0.303 e. The Bertz CT molecular complexity index is 414. The summed E-state index contributed by atoms with van der Waals surface area (Å²) < 4.78 is 0. The highest BCUT2D eigenvalue weighted by molar-refractivity contribution is 5.91. The first-order chi connectivity index (χ1) is 9.06. The molecule has 2 unspecified atom stereocenters. The maximum absolute atomic E-state index is 12.1. The second kappa shape index (κ2) is 7.85. The lowest BCUT2D eigenvalue weighted by Crippen LogP contribution is -2.43. The van der Waals surface area contributed by atoms with Gasteiger partial charge in [0.2, 0.25) is 0 Å². The second-order valence-corrected chi connectivity index (χ2v) is 4.96. The van der Waals surface area contributed by atoms with Crippen molar-refractivity contribution in [3.63, 3.8) is 0 Å². The molecule has 3 heteroatoms. The van der Waals surface area contributed by atoms with Gasteiger partial charge in [0.1, 0.15) is 11.6 Å². The Morgan fingerprint density at radius 2 is 1.84 bits per heavy atom. The number of benzene rings is 1. The van der Waals surface area contributed by atoms with Crippen molar-refractivity contribution in [3.8, 4) is 0 Å². The standard InChI is InChI=1S/C16H23NO2/c1-4-8-15(19)16(12(2)13(3)18)17-11-14-9-6-5-7-10-14/h5-7,9-10,12,16-17H,4,8,11H2,1-3H3. The van der Waals surface area contributed by atoms with E-state index in [1.165, 1.54) is 0 Å². The van der Waals surface area contributed by atoms with Crippen molar-refractivity contribution in [1.29, 1.82) is 0 Å². The Hall–Kier alpha value is -1.48. The first-order valence-electron chi connectivity index (χ1n) is 6.86. The highest BCUT2D eigenvalue weighted by Crippen LogP contribution is 2.10. The first-order valence-corrected chi connectivity index (χ1v) is 6.86. The molecule has 0 heterocycles. The molecule has 0 saturated heterocycles. The molecule has 0 aliphatic carbocycles. The second-order valence-electron chi connectivity index (χ2n) is 4.96. The summed E-state index contributed by atoms with van der Waals surface area (Å²) in [7, 11) is 0. The van der Waals surface area contributed by atoms with Gasteiger partial charge in [-0.15, -0.1) is 0 Å². The summed E-state index contributed by atoms with van der Waals surface area (Å²) in [5, 5.41) is 3.23. The minimum absolute atomic E-state index is 0.0509. The van der Waals surface area contributed by atoms with Crippen molar-refractivity contribution in [2.24, 2.45) is 5.92 Å². The average molecular weight is 261 g/mol. The van der Waals surface area contributed by atoms with Gasteiger partial charge in [-0.2, -0.15) is 0 Å². The third kappa shape index (κ3) is 4.95. The number of Topliss-reactive ketones (excluding diaryl/α,β-unsaturated/α-hetero) is 2. The van der Waals surface area contributed by atoms with Crippen molar-refractivity contribution in [2.75, 3.05) is 0 Å². The predicted octanol–water partition coefficient (Wildman–Crippen LogP) is 2.74. The van der Waals surface area contributed by atoms with E-state index in [0.717, 1.165) is 12.0 Å². The van der Waals surface area contributed by atoms with Gasteiger partial charge in [0, 0.05) is 18.9 Å². The van der Waals surface area contributed by atoms with Gasteiger partial charge in [0.15, 0.2) is 0 Å². The van der Waals surface area contributed by atoms with E-state index in [9.17, 15) is 9.59 Å². The van der Waals surface area contributed by atoms with E-state index in [4.69, 9.17) is 0 Å². The topological polar surface area (TPSA) is 46.2 Å². The summed E-state index contributed by atoms with van der Waals surface area (Å²) in [5.74, 6) is -0.0982. The van der Waals surface area contributed by atoms with E-state index in [1.54, 1.807) is 6.92 Å². The van der Waals surface area contributed by atoms with Crippen LogP contribution < -0.4 is 5.32 Å². The van der Waals surface area contributed by atoms with Gasteiger partial charge < -0.3 is 5.32 Å². The molecule has 0 aromatic heterocycles. The molecule has 104 valence electrons. The summed E-state index contributed by atoms with van der Waals surface area (Å²) in [6.07, 6.45) is 1.33. The van der Waals surface area contributed by atoms with Gasteiger partial charge in [-0.25, -0.2) is 0 Å². The van der Waals surface area contributed by atoms with E-state index in [2.05, 4.69) is 5.32 Å². The summed E-state index contributed by atoms with van der Waals surface area (Å²) in [5.41, 5.74) is 1.12. The van der Waals surface area contributed by atoms with Crippen molar-refractivity contribution in [1.82, 2.24) is 5.32 Å². The first kappa shape index (κ1) is 15.6. The quantitative estimate of drug-likeness (QED) is 0.782. The van der Waals surface area contributed by atoms with Gasteiger partial charge in [0.05, 0.1) is 6.04 Å². The third-order valence-corrected chi connectivity index (χ3v) is 3.35. The monoisotopic (exact) mass is 261 g/mol. The van der Waals surface area contributed by atoms with Gasteiger partial charge in [-0.3, -0.25) is 9.59 Å². The number of nitrogens with one attached hydrogen (secondary N) is 1. The molecule has 0 bridgehead atoms. The molecule has 0 aliphatic rings. The molecule has 19 heavy (non-hydrogen) atoms. The summed E-state index contributed by atoms with van der Waals surface area (Å²) in [6.45, 7) is 5.95. The van der Waals surface area contributed by atoms with Crippen molar-refractivity contribution in [3.05, 3.63) is 35.9 Å². The maximum Gasteiger partial charge on any atom is 0.150 e. The number of rotatable bonds is 8. The molecule has 0 fully saturated rings. The fourth-order valence-corrected chi connectivity index (χ4v) is 2.03. The fourth-order valence-electron chi connectivity index (χ4n) is 2.03. The van der Waals surface area contributed by atoms with Crippen LogP contribution in [0.25, 0.3) is 0 Å². The van der Waals surface area contributed by atoms with Crippen LogP contribution in [0.4, 0.5) is 0 Å². The van der Waals surface area contributed by atoms with E-state index in [1.807, 2.05) is 44.2 Å². The predicted molar refractivity (Wildman–Crippen MR) is 76.8 cm³/mol. The van der Waals surface area contributed by atoms with E-state index in [-0.39, 0.29) is 23.5 Å². The number of carbonyl (C=O) groups excluding carboxylic acids is 2. The molecular weight excluding hydrogens is 238 g/mol. The Morgan fingerprint density at radius 3 is 2.37 bits per heavy atom. The van der Waals surface area contributed by atoms with Crippen LogP contribution in [0.2, 0.25) is 0 Å². The minimum atomic E-state index is -0.377. The Morgan fingerprint density at radius 1 is 1.21 bits per heavy atom. The molecule has 3 nitrogen and oxygen atoms in total. The molecule has 0 radical (unpaired) electrons. The molecule has 1 aromatic rings. The molecule has 0 aliphatic heterocycles. The molecule has 0 spiro atoms. The zero-order valence-electron chi connectivity index (χ0n) is 12.0. The molecular formula is C16H23NO2. The van der Waals surface area contributed by atoms with Gasteiger partial charge in [-0.1, -0.05) is 44.2 Å². The van der Waals surface area contributed by atoms with E-state index < -0.39 is 0 Å². The van der Waals surface area contributed by atoms with Crippen LogP contribution in [0, 0.1) is 5.92 Å². The number of hydrogen-bond donors (Lipinski definition) is 1. The average Bonchev–Trinajstić information content (AvgIpc) is 2.40. The highest BCUT2D eigenvalue weighted by atomic mass is 16.1.